The number of hydrogen-bond donors (Lipinski definition) is 3. The number of aliphatic carboxylic acids is 1. The maximum Gasteiger partial charge on any atom is 0.333 e. The molecule has 1 aromatic carbocycles. The van der Waals surface area contributed by atoms with Crippen molar-refractivity contribution in [3.8, 4) is 0 Å². The van der Waals surface area contributed by atoms with Gasteiger partial charge in [-0.2, -0.15) is 0 Å². The third kappa shape index (κ3) is 3.67. The van der Waals surface area contributed by atoms with Crippen molar-refractivity contribution in [2.45, 2.75) is 17.9 Å². The van der Waals surface area contributed by atoms with Crippen molar-refractivity contribution in [3.63, 3.8) is 0 Å². The number of aliphatic hydroxyl groups excluding tert-OH is 1. The Balaban J connectivity index is 2.93. The van der Waals surface area contributed by atoms with E-state index in [0.717, 1.165) is 0 Å². The Kier molecular flexibility index (Phi) is 4.69. The summed E-state index contributed by atoms with van der Waals surface area (Å²) in [7, 11) is -3.95. The number of hydrogen-bond acceptors (Lipinski definition) is 4. The number of halogens is 1. The molecule has 18 heavy (non-hydrogen) atoms. The predicted octanol–water partition coefficient (Wildman–Crippen LogP) is 0.372. The highest BCUT2D eigenvalue weighted by Gasteiger charge is 2.21. The Morgan fingerprint density at radius 2 is 2.11 bits per heavy atom. The molecular formula is C10H12ClNO5S. The monoisotopic (exact) mass is 293 g/mol. The van der Waals surface area contributed by atoms with Gasteiger partial charge in [0, 0.05) is 6.54 Å². The van der Waals surface area contributed by atoms with E-state index in [1.54, 1.807) is 13.0 Å². The maximum absolute atomic E-state index is 11.8. The lowest BCUT2D eigenvalue weighted by molar-refractivity contribution is -0.146. The van der Waals surface area contributed by atoms with Crippen LogP contribution in [0, 0.1) is 6.92 Å². The fraction of sp³-hybridized carbons (Fsp3) is 0.300. The Morgan fingerprint density at radius 3 is 2.67 bits per heavy atom. The molecule has 1 atom stereocenters. The maximum atomic E-state index is 11.8. The van der Waals surface area contributed by atoms with Crippen LogP contribution in [0.2, 0.25) is 5.02 Å². The van der Waals surface area contributed by atoms with Crippen LogP contribution in [-0.4, -0.2) is 37.2 Å². The molecule has 0 fully saturated rings. The van der Waals surface area contributed by atoms with Crippen molar-refractivity contribution in [2.24, 2.45) is 0 Å². The van der Waals surface area contributed by atoms with E-state index in [2.05, 4.69) is 0 Å². The van der Waals surface area contributed by atoms with Crippen molar-refractivity contribution in [1.29, 1.82) is 0 Å². The van der Waals surface area contributed by atoms with E-state index in [1.807, 2.05) is 4.72 Å². The largest absolute Gasteiger partial charge is 0.479 e. The fourth-order valence-electron chi connectivity index (χ4n) is 1.17. The van der Waals surface area contributed by atoms with Crippen LogP contribution < -0.4 is 4.72 Å². The highest BCUT2D eigenvalue weighted by Crippen LogP contribution is 2.22. The fourth-order valence-corrected chi connectivity index (χ4v) is 2.79. The van der Waals surface area contributed by atoms with Crippen molar-refractivity contribution in [3.05, 3.63) is 28.8 Å². The highest BCUT2D eigenvalue weighted by atomic mass is 35.5. The lowest BCUT2D eigenvalue weighted by atomic mass is 10.2. The summed E-state index contributed by atoms with van der Waals surface area (Å²) in [6.45, 7) is 1.07. The average molecular weight is 294 g/mol. The minimum Gasteiger partial charge on any atom is -0.479 e. The molecule has 0 amide bonds. The number of carboxylic acid groups (broad SMARTS) is 1. The molecule has 0 saturated carbocycles. The van der Waals surface area contributed by atoms with E-state index < -0.39 is 28.6 Å². The Labute approximate surface area is 109 Å². The zero-order valence-electron chi connectivity index (χ0n) is 9.42. The molecule has 0 aliphatic rings. The summed E-state index contributed by atoms with van der Waals surface area (Å²) in [5, 5.41) is 17.5. The molecule has 0 radical (unpaired) electrons. The van der Waals surface area contributed by atoms with Gasteiger partial charge in [-0.3, -0.25) is 0 Å². The molecule has 0 heterocycles. The molecule has 8 heteroatoms. The molecule has 0 aliphatic carbocycles. The van der Waals surface area contributed by atoms with E-state index in [1.165, 1.54) is 12.1 Å². The average Bonchev–Trinajstić information content (AvgIpc) is 2.29. The van der Waals surface area contributed by atoms with Crippen LogP contribution in [0.5, 0.6) is 0 Å². The molecule has 3 N–H and O–H groups in total. The minimum absolute atomic E-state index is 0.0258. The zero-order valence-corrected chi connectivity index (χ0v) is 11.0. The summed E-state index contributed by atoms with van der Waals surface area (Å²) in [5.74, 6) is -1.51. The molecule has 0 saturated heterocycles. The lowest BCUT2D eigenvalue weighted by Crippen LogP contribution is -2.36. The Bertz CT molecular complexity index is 557. The summed E-state index contributed by atoms with van der Waals surface area (Å²) < 4.78 is 25.6. The molecule has 100 valence electrons. The van der Waals surface area contributed by atoms with E-state index in [4.69, 9.17) is 21.8 Å². The van der Waals surface area contributed by atoms with Crippen molar-refractivity contribution < 1.29 is 23.4 Å². The van der Waals surface area contributed by atoms with Crippen molar-refractivity contribution in [2.75, 3.05) is 6.54 Å². The van der Waals surface area contributed by atoms with Crippen LogP contribution in [0.15, 0.2) is 23.1 Å². The van der Waals surface area contributed by atoms with E-state index in [0.29, 0.717) is 5.56 Å². The first-order chi connectivity index (χ1) is 8.24. The van der Waals surface area contributed by atoms with Crippen molar-refractivity contribution in [1.82, 2.24) is 4.72 Å². The lowest BCUT2D eigenvalue weighted by Gasteiger charge is -2.10. The third-order valence-corrected chi connectivity index (χ3v) is 4.03. The van der Waals surface area contributed by atoms with Gasteiger partial charge < -0.3 is 10.2 Å². The molecule has 0 aliphatic heterocycles. The minimum atomic E-state index is -3.95. The van der Waals surface area contributed by atoms with Gasteiger partial charge in [-0.05, 0) is 24.6 Å². The summed E-state index contributed by atoms with van der Waals surface area (Å²) in [6, 6.07) is 4.43. The van der Waals surface area contributed by atoms with E-state index >= 15 is 0 Å². The second kappa shape index (κ2) is 5.66. The van der Waals surface area contributed by atoms with Gasteiger partial charge in [-0.15, -0.1) is 0 Å². The normalized spacial score (nSPS) is 13.3. The third-order valence-electron chi connectivity index (χ3n) is 2.13. The first-order valence-corrected chi connectivity index (χ1v) is 6.77. The first-order valence-electron chi connectivity index (χ1n) is 4.91. The molecule has 0 bridgehead atoms. The number of carbonyl (C=O) groups is 1. The summed E-state index contributed by atoms with van der Waals surface area (Å²) in [4.78, 5) is 10.2. The molecule has 0 aromatic heterocycles. The molecule has 0 spiro atoms. The van der Waals surface area contributed by atoms with Gasteiger partial charge in [0.25, 0.3) is 0 Å². The number of carboxylic acids is 1. The molecular weight excluding hydrogens is 282 g/mol. The van der Waals surface area contributed by atoms with Crippen LogP contribution in [-0.2, 0) is 14.8 Å². The van der Waals surface area contributed by atoms with E-state index in [9.17, 15) is 13.2 Å². The first kappa shape index (κ1) is 14.9. The van der Waals surface area contributed by atoms with Crippen LogP contribution in [0.3, 0.4) is 0 Å². The van der Waals surface area contributed by atoms with Crippen LogP contribution in [0.4, 0.5) is 0 Å². The smallest absolute Gasteiger partial charge is 0.333 e. The van der Waals surface area contributed by atoms with Gasteiger partial charge in [-0.1, -0.05) is 17.7 Å². The van der Waals surface area contributed by atoms with Gasteiger partial charge >= 0.3 is 5.97 Å². The number of aryl methyl sites for hydroxylation is 1. The van der Waals surface area contributed by atoms with Crippen LogP contribution in [0.25, 0.3) is 0 Å². The number of benzene rings is 1. The summed E-state index contributed by atoms with van der Waals surface area (Å²) in [6.07, 6.45) is -1.80. The van der Waals surface area contributed by atoms with Gasteiger partial charge in [0.15, 0.2) is 6.10 Å². The summed E-state index contributed by atoms with van der Waals surface area (Å²) in [5.41, 5.74) is 0.693. The zero-order chi connectivity index (χ0) is 13.9. The Morgan fingerprint density at radius 1 is 1.50 bits per heavy atom. The molecule has 1 unspecified atom stereocenters. The topological polar surface area (TPSA) is 104 Å². The number of rotatable bonds is 5. The molecule has 6 nitrogen and oxygen atoms in total. The highest BCUT2D eigenvalue weighted by molar-refractivity contribution is 7.89. The van der Waals surface area contributed by atoms with Crippen LogP contribution >= 0.6 is 11.6 Å². The number of nitrogens with one attached hydrogen (secondary N) is 1. The van der Waals surface area contributed by atoms with Gasteiger partial charge in [0.05, 0.1) is 5.02 Å². The van der Waals surface area contributed by atoms with Crippen molar-refractivity contribution >= 4 is 27.6 Å². The van der Waals surface area contributed by atoms with Gasteiger partial charge in [-0.25, -0.2) is 17.9 Å². The molecule has 1 rings (SSSR count). The Hall–Kier alpha value is -1.15. The summed E-state index contributed by atoms with van der Waals surface area (Å²) >= 11 is 5.76. The van der Waals surface area contributed by atoms with E-state index in [-0.39, 0.29) is 9.92 Å². The second-order valence-corrected chi connectivity index (χ2v) is 5.78. The van der Waals surface area contributed by atoms with Gasteiger partial charge in [0.2, 0.25) is 10.0 Å². The molecule has 1 aromatic rings. The van der Waals surface area contributed by atoms with Crippen LogP contribution in [0.1, 0.15) is 5.56 Å². The SMILES string of the molecule is Cc1ccc(Cl)c(S(=O)(=O)NCC(O)C(=O)O)c1. The van der Waals surface area contributed by atoms with Gasteiger partial charge in [0.1, 0.15) is 4.90 Å². The quantitative estimate of drug-likeness (QED) is 0.728. The number of aliphatic hydroxyl groups is 1. The second-order valence-electron chi connectivity index (χ2n) is 3.64. The standard InChI is InChI=1S/C10H12ClNO5S/c1-6-2-3-7(11)9(4-6)18(16,17)12-5-8(13)10(14)15/h2-4,8,12-13H,5H2,1H3,(H,14,15). The number of sulfonamides is 1. The predicted molar refractivity (Wildman–Crippen MR) is 65.0 cm³/mol.